The molecule has 3 rings (SSSR count). The van der Waals surface area contributed by atoms with Crippen LogP contribution in [0.15, 0.2) is 24.3 Å². The molecule has 7 N–H and O–H groups in total. The molecule has 1 aliphatic rings. The number of aryl methyl sites for hydroxylation is 2. The fourth-order valence-electron chi connectivity index (χ4n) is 3.46. The van der Waals surface area contributed by atoms with Crippen molar-refractivity contribution in [1.29, 1.82) is 0 Å². The number of nitrogens with one attached hydrogen (secondary N) is 2. The fraction of sp³-hybridized carbons (Fsp3) is 0.522. The Balaban J connectivity index is 0.000000307. The Morgan fingerprint density at radius 2 is 1.91 bits per heavy atom. The highest BCUT2D eigenvalue weighted by atomic mass is 16.3. The number of aliphatic hydroxyl groups excluding tert-OH is 1. The SMILES string of the molecule is CC(C)(C)CC(=O)N1CCC(O)C1.Cc1n[nH]c(C)c1-c1ccc(CNC=O)cc1.NN. The van der Waals surface area contributed by atoms with Gasteiger partial charge in [0.25, 0.3) is 0 Å². The van der Waals surface area contributed by atoms with Crippen LogP contribution in [0.5, 0.6) is 0 Å². The molecule has 9 nitrogen and oxygen atoms in total. The predicted octanol–water partition coefficient (Wildman–Crippen LogP) is 1.77. The van der Waals surface area contributed by atoms with Gasteiger partial charge in [0.15, 0.2) is 0 Å². The number of nitrogens with two attached hydrogens (primary N) is 2. The first-order valence-electron chi connectivity index (χ1n) is 10.7. The molecule has 178 valence electrons. The molecule has 1 saturated heterocycles. The Morgan fingerprint density at radius 1 is 1.28 bits per heavy atom. The van der Waals surface area contributed by atoms with E-state index >= 15 is 0 Å². The molecule has 1 unspecified atom stereocenters. The largest absolute Gasteiger partial charge is 0.391 e. The molecule has 0 radical (unpaired) electrons. The summed E-state index contributed by atoms with van der Waals surface area (Å²) in [7, 11) is 0. The number of carbonyl (C=O) groups is 2. The van der Waals surface area contributed by atoms with Gasteiger partial charge >= 0.3 is 0 Å². The van der Waals surface area contributed by atoms with Crippen molar-refractivity contribution in [2.24, 2.45) is 17.1 Å². The van der Waals surface area contributed by atoms with Gasteiger partial charge in [-0.25, -0.2) is 0 Å². The van der Waals surface area contributed by atoms with Gasteiger partial charge in [-0.1, -0.05) is 45.0 Å². The maximum absolute atomic E-state index is 11.6. The first-order valence-corrected chi connectivity index (χ1v) is 10.7. The minimum Gasteiger partial charge on any atom is -0.391 e. The summed E-state index contributed by atoms with van der Waals surface area (Å²) < 4.78 is 0. The number of aliphatic hydroxyl groups is 1. The zero-order valence-corrected chi connectivity index (χ0v) is 19.8. The van der Waals surface area contributed by atoms with Crippen molar-refractivity contribution in [2.45, 2.75) is 60.1 Å². The molecule has 2 amide bonds. The van der Waals surface area contributed by atoms with Crippen LogP contribution in [-0.2, 0) is 16.1 Å². The molecular formula is C23H38N6O3. The smallest absolute Gasteiger partial charge is 0.223 e. The Kier molecular flexibility index (Phi) is 11.0. The molecule has 9 heteroatoms. The van der Waals surface area contributed by atoms with Gasteiger partial charge in [0.2, 0.25) is 12.3 Å². The Hall–Kier alpha value is -2.75. The Bertz CT molecular complexity index is 823. The predicted molar refractivity (Wildman–Crippen MR) is 126 cm³/mol. The van der Waals surface area contributed by atoms with E-state index in [4.69, 9.17) is 0 Å². The zero-order chi connectivity index (χ0) is 24.3. The van der Waals surface area contributed by atoms with Crippen LogP contribution in [0.4, 0.5) is 0 Å². The van der Waals surface area contributed by atoms with E-state index < -0.39 is 0 Å². The average Bonchev–Trinajstić information content (AvgIpc) is 3.33. The Morgan fingerprint density at radius 3 is 2.34 bits per heavy atom. The third kappa shape index (κ3) is 8.78. The van der Waals surface area contributed by atoms with Crippen LogP contribution in [0.1, 0.15) is 50.6 Å². The molecule has 2 heterocycles. The van der Waals surface area contributed by atoms with Crippen LogP contribution in [0.2, 0.25) is 0 Å². The van der Waals surface area contributed by atoms with Crippen molar-refractivity contribution in [3.05, 3.63) is 41.2 Å². The number of nitrogens with zero attached hydrogens (tertiary/aromatic N) is 2. The van der Waals surface area contributed by atoms with E-state index in [0.717, 1.165) is 41.0 Å². The monoisotopic (exact) mass is 446 g/mol. The second kappa shape index (κ2) is 12.9. The molecule has 32 heavy (non-hydrogen) atoms. The first kappa shape index (κ1) is 27.3. The number of aromatic amines is 1. The minimum absolute atomic E-state index is 0.0463. The first-order chi connectivity index (χ1) is 15.1. The second-order valence-corrected chi connectivity index (χ2v) is 9.02. The van der Waals surface area contributed by atoms with Gasteiger partial charge in [-0.3, -0.25) is 26.4 Å². The van der Waals surface area contributed by atoms with E-state index in [-0.39, 0.29) is 17.4 Å². The summed E-state index contributed by atoms with van der Waals surface area (Å²) >= 11 is 0. The molecule has 1 aromatic carbocycles. The van der Waals surface area contributed by atoms with Gasteiger partial charge in [0.1, 0.15) is 0 Å². The summed E-state index contributed by atoms with van der Waals surface area (Å²) in [4.78, 5) is 23.6. The van der Waals surface area contributed by atoms with Crippen LogP contribution in [0.25, 0.3) is 11.1 Å². The van der Waals surface area contributed by atoms with Crippen LogP contribution in [0, 0.1) is 19.3 Å². The lowest BCUT2D eigenvalue weighted by molar-refractivity contribution is -0.132. The number of hydrogen-bond acceptors (Lipinski definition) is 6. The van der Waals surface area contributed by atoms with Crippen molar-refractivity contribution >= 4 is 12.3 Å². The highest BCUT2D eigenvalue weighted by Gasteiger charge is 2.27. The van der Waals surface area contributed by atoms with E-state index in [1.807, 2.05) is 38.1 Å². The van der Waals surface area contributed by atoms with Crippen LogP contribution < -0.4 is 17.0 Å². The quantitative estimate of drug-likeness (QED) is 0.268. The highest BCUT2D eigenvalue weighted by Crippen LogP contribution is 2.25. The number of H-pyrrole nitrogens is 1. The molecule has 1 atom stereocenters. The van der Waals surface area contributed by atoms with E-state index in [0.29, 0.717) is 25.9 Å². The maximum atomic E-state index is 11.6. The standard InChI is InChI=1S/C13H15N3O.C10H19NO2.H4N2/c1-9-13(10(2)16-15-9)12-5-3-11(4-6-12)7-14-8-17;1-10(2,3)6-9(13)11-5-4-8(12)7-11;1-2/h3-6,8H,7H2,1-2H3,(H,14,17)(H,15,16);8,12H,4-7H2,1-3H3;1-2H2. The molecule has 1 aromatic heterocycles. The number of aromatic nitrogens is 2. The summed E-state index contributed by atoms with van der Waals surface area (Å²) in [6, 6.07) is 8.12. The molecule has 0 saturated carbocycles. The lowest BCUT2D eigenvalue weighted by Gasteiger charge is -2.22. The molecule has 0 bridgehead atoms. The summed E-state index contributed by atoms with van der Waals surface area (Å²) in [5, 5.41) is 19.1. The third-order valence-corrected chi connectivity index (χ3v) is 4.96. The molecule has 2 aromatic rings. The van der Waals surface area contributed by atoms with Crippen LogP contribution in [-0.4, -0.2) is 51.7 Å². The summed E-state index contributed by atoms with van der Waals surface area (Å²) in [6.07, 6.45) is 1.71. The molecular weight excluding hydrogens is 408 g/mol. The van der Waals surface area contributed by atoms with Crippen molar-refractivity contribution in [2.75, 3.05) is 13.1 Å². The number of carbonyl (C=O) groups excluding carboxylic acids is 2. The van der Waals surface area contributed by atoms with Crippen molar-refractivity contribution in [3.63, 3.8) is 0 Å². The molecule has 0 aliphatic carbocycles. The topological polar surface area (TPSA) is 150 Å². The lowest BCUT2D eigenvalue weighted by atomic mass is 9.92. The van der Waals surface area contributed by atoms with Gasteiger partial charge in [-0.05, 0) is 36.8 Å². The molecule has 1 aliphatic heterocycles. The van der Waals surface area contributed by atoms with Crippen molar-refractivity contribution in [3.8, 4) is 11.1 Å². The lowest BCUT2D eigenvalue weighted by Crippen LogP contribution is -2.32. The number of amides is 2. The normalized spacial score (nSPS) is 15.2. The van der Waals surface area contributed by atoms with Gasteiger partial charge in [-0.15, -0.1) is 0 Å². The Labute approximate surface area is 190 Å². The number of likely N-dealkylation sites (tertiary alicyclic amines) is 1. The van der Waals surface area contributed by atoms with Gasteiger partial charge in [0, 0.05) is 37.3 Å². The maximum Gasteiger partial charge on any atom is 0.223 e. The minimum atomic E-state index is -0.302. The van der Waals surface area contributed by atoms with Crippen LogP contribution in [0.3, 0.4) is 0 Å². The van der Waals surface area contributed by atoms with E-state index in [9.17, 15) is 14.7 Å². The second-order valence-electron chi connectivity index (χ2n) is 9.02. The number of hydrazine groups is 1. The van der Waals surface area contributed by atoms with Crippen molar-refractivity contribution < 1.29 is 14.7 Å². The third-order valence-electron chi connectivity index (χ3n) is 4.96. The van der Waals surface area contributed by atoms with Gasteiger partial charge in [0.05, 0.1) is 11.8 Å². The zero-order valence-electron chi connectivity index (χ0n) is 19.8. The van der Waals surface area contributed by atoms with E-state index in [1.165, 1.54) is 0 Å². The van der Waals surface area contributed by atoms with Gasteiger partial charge < -0.3 is 15.3 Å². The summed E-state index contributed by atoms with van der Waals surface area (Å²) in [5.74, 6) is 8.17. The van der Waals surface area contributed by atoms with Crippen LogP contribution >= 0.6 is 0 Å². The number of hydrogen-bond donors (Lipinski definition) is 5. The average molecular weight is 447 g/mol. The fourth-order valence-corrected chi connectivity index (χ4v) is 3.46. The number of benzene rings is 1. The van der Waals surface area contributed by atoms with Crippen molar-refractivity contribution in [1.82, 2.24) is 20.4 Å². The van der Waals surface area contributed by atoms with E-state index in [2.05, 4.69) is 48.0 Å². The molecule has 0 spiro atoms. The number of rotatable bonds is 5. The van der Waals surface area contributed by atoms with Gasteiger partial charge in [-0.2, -0.15) is 5.10 Å². The highest BCUT2D eigenvalue weighted by molar-refractivity contribution is 5.77. The number of β-amino-alcohol motifs (C(OH)–C–C–N with tert-alkyl or cyclic N) is 1. The van der Waals surface area contributed by atoms with E-state index in [1.54, 1.807) is 4.90 Å². The molecule has 1 fully saturated rings. The summed E-state index contributed by atoms with van der Waals surface area (Å²) in [6.45, 7) is 12.0. The summed E-state index contributed by atoms with van der Waals surface area (Å²) in [5.41, 5.74) is 5.50.